The number of aryl methyl sites for hydroxylation is 1. The van der Waals surface area contributed by atoms with Gasteiger partial charge in [0.05, 0.1) is 10.2 Å². The summed E-state index contributed by atoms with van der Waals surface area (Å²) in [5.41, 5.74) is 3.06. The van der Waals surface area contributed by atoms with Gasteiger partial charge in [0.15, 0.2) is 11.7 Å². The molecule has 25 heavy (non-hydrogen) atoms. The first-order chi connectivity index (χ1) is 11.9. The lowest BCUT2D eigenvalue weighted by Crippen LogP contribution is -2.20. The van der Waals surface area contributed by atoms with Gasteiger partial charge in [0.25, 0.3) is 5.91 Å². The lowest BCUT2D eigenvalue weighted by molar-refractivity contribution is -0.118. The van der Waals surface area contributed by atoms with Crippen LogP contribution in [-0.4, -0.2) is 17.5 Å². The van der Waals surface area contributed by atoms with Crippen molar-refractivity contribution in [2.45, 2.75) is 26.7 Å². The van der Waals surface area contributed by atoms with Crippen LogP contribution in [0.1, 0.15) is 30.9 Å². The lowest BCUT2D eigenvalue weighted by atomic mass is 9.98. The number of ether oxygens (including phenoxy) is 1. The summed E-state index contributed by atoms with van der Waals surface area (Å²) in [5, 5.41) is 3.12. The number of carbonyl (C=O) groups excluding carboxylic acids is 1. The van der Waals surface area contributed by atoms with Gasteiger partial charge in [-0.05, 0) is 54.3 Å². The minimum absolute atomic E-state index is 0.106. The Morgan fingerprint density at radius 1 is 1.28 bits per heavy atom. The second-order valence-corrected chi connectivity index (χ2v) is 7.17. The molecule has 1 aromatic heterocycles. The third-order valence-corrected chi connectivity index (χ3v) is 4.76. The molecular formula is C19H19FN2O2S. The van der Waals surface area contributed by atoms with Crippen molar-refractivity contribution in [1.82, 2.24) is 4.98 Å². The predicted molar refractivity (Wildman–Crippen MR) is 99.0 cm³/mol. The molecule has 3 rings (SSSR count). The average Bonchev–Trinajstić information content (AvgIpc) is 2.93. The van der Waals surface area contributed by atoms with Crippen LogP contribution >= 0.6 is 11.3 Å². The Morgan fingerprint density at radius 2 is 2.08 bits per heavy atom. The van der Waals surface area contributed by atoms with Crippen molar-refractivity contribution >= 4 is 32.6 Å². The number of carbonyl (C=O) groups is 1. The van der Waals surface area contributed by atoms with Gasteiger partial charge in [-0.25, -0.2) is 9.37 Å². The number of fused-ring (bicyclic) bond motifs is 1. The fourth-order valence-corrected chi connectivity index (χ4v) is 3.55. The van der Waals surface area contributed by atoms with E-state index in [9.17, 15) is 9.18 Å². The fourth-order valence-electron chi connectivity index (χ4n) is 2.64. The minimum atomic E-state index is -0.322. The molecule has 0 saturated carbocycles. The molecule has 3 aromatic rings. The normalized spacial score (nSPS) is 11.1. The molecule has 0 aliphatic heterocycles. The molecule has 6 heteroatoms. The molecule has 1 amide bonds. The highest BCUT2D eigenvalue weighted by Gasteiger charge is 2.10. The van der Waals surface area contributed by atoms with Crippen LogP contribution < -0.4 is 10.1 Å². The Bertz CT molecular complexity index is 921. The minimum Gasteiger partial charge on any atom is -0.484 e. The zero-order valence-electron chi connectivity index (χ0n) is 14.3. The third-order valence-electron chi connectivity index (χ3n) is 3.83. The monoisotopic (exact) mass is 358 g/mol. The van der Waals surface area contributed by atoms with Crippen molar-refractivity contribution in [3.05, 3.63) is 53.3 Å². The van der Waals surface area contributed by atoms with Gasteiger partial charge < -0.3 is 4.74 Å². The molecule has 0 unspecified atom stereocenters. The average molecular weight is 358 g/mol. The number of anilines is 1. The molecule has 1 N–H and O–H groups in total. The van der Waals surface area contributed by atoms with Gasteiger partial charge in [0.1, 0.15) is 11.6 Å². The first-order valence-electron chi connectivity index (χ1n) is 8.01. The van der Waals surface area contributed by atoms with Gasteiger partial charge in [-0.2, -0.15) is 0 Å². The number of rotatable bonds is 5. The Kier molecular flexibility index (Phi) is 4.99. The van der Waals surface area contributed by atoms with E-state index in [1.807, 2.05) is 25.1 Å². The van der Waals surface area contributed by atoms with Crippen LogP contribution in [0.2, 0.25) is 0 Å². The van der Waals surface area contributed by atoms with E-state index in [-0.39, 0.29) is 18.3 Å². The maximum Gasteiger partial charge on any atom is 0.264 e. The molecule has 0 saturated heterocycles. The predicted octanol–water partition coefficient (Wildman–Crippen LogP) is 4.88. The maximum absolute atomic E-state index is 13.2. The molecule has 0 atom stereocenters. The van der Waals surface area contributed by atoms with E-state index in [2.05, 4.69) is 24.1 Å². The van der Waals surface area contributed by atoms with Crippen molar-refractivity contribution in [2.75, 3.05) is 11.9 Å². The molecule has 2 aromatic carbocycles. The van der Waals surface area contributed by atoms with E-state index in [4.69, 9.17) is 4.74 Å². The summed E-state index contributed by atoms with van der Waals surface area (Å²) < 4.78 is 19.4. The topological polar surface area (TPSA) is 51.2 Å². The summed E-state index contributed by atoms with van der Waals surface area (Å²) in [5.74, 6) is 0.479. The number of benzene rings is 2. The first kappa shape index (κ1) is 17.4. The summed E-state index contributed by atoms with van der Waals surface area (Å²) in [4.78, 5) is 16.3. The Labute approximate surface area is 149 Å². The number of nitrogens with zero attached hydrogens (tertiary/aromatic N) is 1. The van der Waals surface area contributed by atoms with E-state index in [1.54, 1.807) is 6.07 Å². The molecule has 0 spiro atoms. The number of thiazole rings is 1. The van der Waals surface area contributed by atoms with Crippen molar-refractivity contribution in [2.24, 2.45) is 0 Å². The number of nitrogens with one attached hydrogen (secondary N) is 1. The van der Waals surface area contributed by atoms with Gasteiger partial charge in [-0.15, -0.1) is 0 Å². The number of hydrogen-bond acceptors (Lipinski definition) is 4. The molecule has 130 valence electrons. The van der Waals surface area contributed by atoms with E-state index in [1.165, 1.54) is 29.0 Å². The summed E-state index contributed by atoms with van der Waals surface area (Å²) >= 11 is 1.23. The van der Waals surface area contributed by atoms with Crippen LogP contribution in [0.5, 0.6) is 5.75 Å². The summed E-state index contributed by atoms with van der Waals surface area (Å²) in [6, 6.07) is 10.2. The highest BCUT2D eigenvalue weighted by molar-refractivity contribution is 7.22. The van der Waals surface area contributed by atoms with Gasteiger partial charge in [0, 0.05) is 0 Å². The van der Waals surface area contributed by atoms with Crippen LogP contribution in [0, 0.1) is 12.7 Å². The van der Waals surface area contributed by atoms with Crippen LogP contribution in [-0.2, 0) is 4.79 Å². The van der Waals surface area contributed by atoms with Crippen molar-refractivity contribution in [1.29, 1.82) is 0 Å². The van der Waals surface area contributed by atoms with Gasteiger partial charge in [-0.1, -0.05) is 31.3 Å². The van der Waals surface area contributed by atoms with Gasteiger partial charge in [0.2, 0.25) is 0 Å². The van der Waals surface area contributed by atoms with E-state index in [0.717, 1.165) is 5.56 Å². The molecule has 1 heterocycles. The Balaban J connectivity index is 1.61. The van der Waals surface area contributed by atoms with E-state index in [0.29, 0.717) is 27.0 Å². The SMILES string of the molecule is Cc1cc(OCC(=O)Nc2nc3ccc(F)cc3s2)ccc1C(C)C. The summed E-state index contributed by atoms with van der Waals surface area (Å²) in [6.45, 7) is 6.20. The van der Waals surface area contributed by atoms with Gasteiger partial charge in [-0.3, -0.25) is 10.1 Å². The van der Waals surface area contributed by atoms with E-state index >= 15 is 0 Å². The van der Waals surface area contributed by atoms with Gasteiger partial charge >= 0.3 is 0 Å². The van der Waals surface area contributed by atoms with Crippen LogP contribution in [0.15, 0.2) is 36.4 Å². The van der Waals surface area contributed by atoms with Crippen molar-refractivity contribution < 1.29 is 13.9 Å². The third kappa shape index (κ3) is 4.14. The number of amides is 1. The zero-order chi connectivity index (χ0) is 18.0. The second-order valence-electron chi connectivity index (χ2n) is 6.14. The molecule has 0 radical (unpaired) electrons. The molecule has 0 bridgehead atoms. The molecule has 0 aliphatic rings. The number of hydrogen-bond donors (Lipinski definition) is 1. The second kappa shape index (κ2) is 7.19. The lowest BCUT2D eigenvalue weighted by Gasteiger charge is -2.12. The molecular weight excluding hydrogens is 339 g/mol. The van der Waals surface area contributed by atoms with Crippen molar-refractivity contribution in [3.8, 4) is 5.75 Å². The Morgan fingerprint density at radius 3 is 2.80 bits per heavy atom. The molecule has 0 fully saturated rings. The zero-order valence-corrected chi connectivity index (χ0v) is 15.1. The summed E-state index contributed by atoms with van der Waals surface area (Å²) in [7, 11) is 0. The summed E-state index contributed by atoms with van der Waals surface area (Å²) in [6.07, 6.45) is 0. The van der Waals surface area contributed by atoms with Crippen molar-refractivity contribution in [3.63, 3.8) is 0 Å². The van der Waals surface area contributed by atoms with Crippen LogP contribution in [0.25, 0.3) is 10.2 Å². The maximum atomic E-state index is 13.2. The smallest absolute Gasteiger partial charge is 0.264 e. The Hall–Kier alpha value is -2.47. The quantitative estimate of drug-likeness (QED) is 0.707. The number of halogens is 1. The highest BCUT2D eigenvalue weighted by Crippen LogP contribution is 2.27. The highest BCUT2D eigenvalue weighted by atomic mass is 32.1. The first-order valence-corrected chi connectivity index (χ1v) is 8.83. The standard InChI is InChI=1S/C19H19FN2O2S/c1-11(2)15-6-5-14(8-12(15)3)24-10-18(23)22-19-21-16-7-4-13(20)9-17(16)25-19/h4-9,11H,10H2,1-3H3,(H,21,22,23). The molecule has 0 aliphatic carbocycles. The van der Waals surface area contributed by atoms with Crippen LogP contribution in [0.4, 0.5) is 9.52 Å². The van der Waals surface area contributed by atoms with E-state index < -0.39 is 0 Å². The molecule has 4 nitrogen and oxygen atoms in total. The number of aromatic nitrogens is 1. The largest absolute Gasteiger partial charge is 0.484 e. The van der Waals surface area contributed by atoms with Crippen LogP contribution in [0.3, 0.4) is 0 Å². The fraction of sp³-hybridized carbons (Fsp3) is 0.263.